The third kappa shape index (κ3) is 5.48. The third-order valence-corrected chi connectivity index (χ3v) is 5.74. The Morgan fingerprint density at radius 3 is 2.48 bits per heavy atom. The number of nitrogens with zero attached hydrogens (tertiary/aromatic N) is 1. The number of nitrogens with one attached hydrogen (secondary N) is 2. The summed E-state index contributed by atoms with van der Waals surface area (Å²) in [6.45, 7) is 7.08. The zero-order valence-electron chi connectivity index (χ0n) is 15.1. The molecule has 2 N–H and O–H groups in total. The number of hydrogen-bond acceptors (Lipinski definition) is 3. The second kappa shape index (κ2) is 9.45. The molecule has 0 aromatic rings. The molecule has 1 aliphatic heterocycles. The van der Waals surface area contributed by atoms with Gasteiger partial charge in [0, 0.05) is 18.6 Å². The molecule has 138 valence electrons. The van der Waals surface area contributed by atoms with Crippen LogP contribution in [0.5, 0.6) is 0 Å². The van der Waals surface area contributed by atoms with Gasteiger partial charge in [0.25, 0.3) is 0 Å². The Kier molecular flexibility index (Phi) is 9.44. The van der Waals surface area contributed by atoms with Crippen molar-refractivity contribution in [2.75, 3.05) is 33.7 Å². The topological polar surface area (TPSA) is 44.4 Å². The van der Waals surface area contributed by atoms with E-state index >= 15 is 0 Å². The Morgan fingerprint density at radius 2 is 1.96 bits per heavy atom. The van der Waals surface area contributed by atoms with Gasteiger partial charge in [-0.05, 0) is 59.2 Å². The lowest BCUT2D eigenvalue weighted by Crippen LogP contribution is -2.57. The van der Waals surface area contributed by atoms with Crippen LogP contribution < -0.4 is 10.6 Å². The summed E-state index contributed by atoms with van der Waals surface area (Å²) in [6.07, 6.45) is 7.07. The number of carbonyl (C=O) groups is 1. The summed E-state index contributed by atoms with van der Waals surface area (Å²) in [4.78, 5) is 15.0. The fourth-order valence-electron chi connectivity index (χ4n) is 4.07. The Bertz CT molecular complexity index is 373. The van der Waals surface area contributed by atoms with E-state index in [1.807, 2.05) is 0 Å². The molecule has 3 atom stereocenters. The van der Waals surface area contributed by atoms with Crippen LogP contribution in [0.25, 0.3) is 0 Å². The Hall–Kier alpha value is -0.0300. The van der Waals surface area contributed by atoms with Gasteiger partial charge in [0.1, 0.15) is 0 Å². The van der Waals surface area contributed by atoms with Crippen LogP contribution >= 0.6 is 24.8 Å². The minimum atomic E-state index is -0.230. The van der Waals surface area contributed by atoms with Crippen LogP contribution in [0.1, 0.15) is 52.4 Å². The lowest BCUT2D eigenvalue weighted by molar-refractivity contribution is -0.132. The van der Waals surface area contributed by atoms with Crippen molar-refractivity contribution < 1.29 is 4.79 Å². The van der Waals surface area contributed by atoms with Gasteiger partial charge in [-0.25, -0.2) is 0 Å². The highest BCUT2D eigenvalue weighted by atomic mass is 35.5. The van der Waals surface area contributed by atoms with Crippen LogP contribution in [0, 0.1) is 11.3 Å². The molecule has 1 aliphatic carbocycles. The first-order valence-electron chi connectivity index (χ1n) is 8.54. The minimum Gasteiger partial charge on any atom is -0.354 e. The average Bonchev–Trinajstić information content (AvgIpc) is 2.45. The highest BCUT2D eigenvalue weighted by molar-refractivity contribution is 5.85. The van der Waals surface area contributed by atoms with Crippen LogP contribution in [0.3, 0.4) is 0 Å². The Morgan fingerprint density at radius 1 is 1.26 bits per heavy atom. The summed E-state index contributed by atoms with van der Waals surface area (Å²) in [5.74, 6) is 0.985. The van der Waals surface area contributed by atoms with E-state index in [1.165, 1.54) is 25.7 Å². The second-order valence-electron chi connectivity index (χ2n) is 7.84. The predicted octanol–water partition coefficient (Wildman–Crippen LogP) is 2.85. The van der Waals surface area contributed by atoms with Crippen molar-refractivity contribution in [1.82, 2.24) is 15.5 Å². The Balaban J connectivity index is 0.00000242. The quantitative estimate of drug-likeness (QED) is 0.802. The number of likely N-dealkylation sites (N-methyl/N-ethyl adjacent to an activating group) is 1. The van der Waals surface area contributed by atoms with Gasteiger partial charge < -0.3 is 15.5 Å². The van der Waals surface area contributed by atoms with E-state index in [2.05, 4.69) is 43.5 Å². The van der Waals surface area contributed by atoms with Gasteiger partial charge in [0.15, 0.2) is 0 Å². The zero-order valence-corrected chi connectivity index (χ0v) is 16.7. The molecule has 0 aromatic heterocycles. The molecular formula is C17H35Cl2N3O. The highest BCUT2D eigenvalue weighted by Crippen LogP contribution is 2.35. The van der Waals surface area contributed by atoms with Gasteiger partial charge in [-0.15, -0.1) is 24.8 Å². The molecule has 0 bridgehead atoms. The molecule has 2 rings (SSSR count). The fourth-order valence-corrected chi connectivity index (χ4v) is 4.07. The molecular weight excluding hydrogens is 333 g/mol. The standard InChI is InChI=1S/C17H33N3O.2ClH/c1-14-7-5-9-17(11-14,20(3)4)13-19-15(21)16(2)8-6-10-18-12-16;;/h14,18H,5-13H2,1-4H3,(H,19,21);2*1H. The predicted molar refractivity (Wildman–Crippen MR) is 102 cm³/mol. The van der Waals surface area contributed by atoms with E-state index in [9.17, 15) is 4.79 Å². The molecule has 0 spiro atoms. The van der Waals surface area contributed by atoms with Crippen molar-refractivity contribution in [3.63, 3.8) is 0 Å². The Labute approximate surface area is 154 Å². The van der Waals surface area contributed by atoms with Gasteiger partial charge in [-0.3, -0.25) is 4.79 Å². The molecule has 2 aliphatic rings. The van der Waals surface area contributed by atoms with Crippen molar-refractivity contribution in [3.8, 4) is 0 Å². The average molecular weight is 368 g/mol. The number of amides is 1. The maximum atomic E-state index is 12.6. The lowest BCUT2D eigenvalue weighted by Gasteiger charge is -2.46. The maximum absolute atomic E-state index is 12.6. The molecule has 6 heteroatoms. The van der Waals surface area contributed by atoms with Crippen molar-refractivity contribution >= 4 is 30.7 Å². The summed E-state index contributed by atoms with van der Waals surface area (Å²) in [7, 11) is 4.32. The zero-order chi connectivity index (χ0) is 15.5. The molecule has 1 amide bonds. The highest BCUT2D eigenvalue weighted by Gasteiger charge is 2.40. The van der Waals surface area contributed by atoms with Gasteiger partial charge in [0.05, 0.1) is 5.41 Å². The van der Waals surface area contributed by atoms with Crippen LogP contribution in [0.2, 0.25) is 0 Å². The van der Waals surface area contributed by atoms with E-state index in [-0.39, 0.29) is 41.7 Å². The van der Waals surface area contributed by atoms with Crippen molar-refractivity contribution in [2.24, 2.45) is 11.3 Å². The van der Waals surface area contributed by atoms with Gasteiger partial charge in [0.2, 0.25) is 5.91 Å². The minimum absolute atomic E-state index is 0. The molecule has 3 unspecified atom stereocenters. The number of halogens is 2. The van der Waals surface area contributed by atoms with E-state index in [1.54, 1.807) is 0 Å². The van der Waals surface area contributed by atoms with E-state index in [0.717, 1.165) is 38.4 Å². The molecule has 0 aromatic carbocycles. The number of carbonyl (C=O) groups excluding carboxylic acids is 1. The molecule has 0 radical (unpaired) electrons. The number of hydrogen-bond donors (Lipinski definition) is 2. The lowest BCUT2D eigenvalue weighted by atomic mass is 9.75. The third-order valence-electron chi connectivity index (χ3n) is 5.74. The molecule has 1 saturated carbocycles. The smallest absolute Gasteiger partial charge is 0.227 e. The summed E-state index contributed by atoms with van der Waals surface area (Å²) in [6, 6.07) is 0. The van der Waals surface area contributed by atoms with E-state index in [0.29, 0.717) is 0 Å². The maximum Gasteiger partial charge on any atom is 0.227 e. The van der Waals surface area contributed by atoms with Crippen molar-refractivity contribution in [1.29, 1.82) is 0 Å². The van der Waals surface area contributed by atoms with Gasteiger partial charge in [-0.2, -0.15) is 0 Å². The second-order valence-corrected chi connectivity index (χ2v) is 7.84. The number of rotatable bonds is 4. The van der Waals surface area contributed by atoms with Crippen LogP contribution in [-0.2, 0) is 4.79 Å². The summed E-state index contributed by atoms with van der Waals surface area (Å²) in [5, 5.41) is 6.65. The SMILES string of the molecule is CC1CCCC(CNC(=O)C2(C)CCCNC2)(N(C)C)C1.Cl.Cl. The molecule has 2 fully saturated rings. The molecule has 4 nitrogen and oxygen atoms in total. The van der Waals surface area contributed by atoms with Crippen LogP contribution in [-0.4, -0.2) is 50.1 Å². The monoisotopic (exact) mass is 367 g/mol. The van der Waals surface area contributed by atoms with E-state index < -0.39 is 0 Å². The first-order valence-corrected chi connectivity index (χ1v) is 8.54. The van der Waals surface area contributed by atoms with Crippen molar-refractivity contribution in [2.45, 2.75) is 57.9 Å². The molecule has 1 saturated heterocycles. The number of piperidine rings is 1. The first kappa shape index (κ1) is 23.0. The molecule has 23 heavy (non-hydrogen) atoms. The van der Waals surface area contributed by atoms with Crippen molar-refractivity contribution in [3.05, 3.63) is 0 Å². The summed E-state index contributed by atoms with van der Waals surface area (Å²) >= 11 is 0. The first-order chi connectivity index (χ1) is 9.88. The van der Waals surface area contributed by atoms with Crippen LogP contribution in [0.4, 0.5) is 0 Å². The largest absolute Gasteiger partial charge is 0.354 e. The fraction of sp³-hybridized carbons (Fsp3) is 0.941. The van der Waals surface area contributed by atoms with E-state index in [4.69, 9.17) is 0 Å². The molecule has 1 heterocycles. The van der Waals surface area contributed by atoms with Crippen LogP contribution in [0.15, 0.2) is 0 Å². The van der Waals surface area contributed by atoms with Gasteiger partial charge in [-0.1, -0.05) is 19.8 Å². The summed E-state index contributed by atoms with van der Waals surface area (Å²) in [5.41, 5.74) is -0.0855. The summed E-state index contributed by atoms with van der Waals surface area (Å²) < 4.78 is 0. The normalized spacial score (nSPS) is 34.2. The van der Waals surface area contributed by atoms with Gasteiger partial charge >= 0.3 is 0 Å².